The molecule has 2 aliphatic heterocycles. The standard InChI is InChI=1S/C15H24N4O2/c1-10-6-12(17-16-10)9-19-8-11(15(20)18(2)3)7-14-13(19)4-5-21-14/h6,11,13-14H,4-5,7-9H2,1-3H3,(H,16,17)/t11-,13+,14+/m0/s1. The number of fused-ring (bicyclic) bond motifs is 1. The number of aromatic nitrogens is 2. The van der Waals surface area contributed by atoms with Crippen LogP contribution in [-0.2, 0) is 16.1 Å². The van der Waals surface area contributed by atoms with Crippen molar-refractivity contribution in [3.63, 3.8) is 0 Å². The van der Waals surface area contributed by atoms with Gasteiger partial charge in [0.15, 0.2) is 0 Å². The summed E-state index contributed by atoms with van der Waals surface area (Å²) in [5, 5.41) is 7.31. The van der Waals surface area contributed by atoms with Crippen LogP contribution in [0.2, 0.25) is 0 Å². The highest BCUT2D eigenvalue weighted by molar-refractivity contribution is 5.78. The number of carbonyl (C=O) groups is 1. The Morgan fingerprint density at radius 1 is 1.57 bits per heavy atom. The number of H-pyrrole nitrogens is 1. The van der Waals surface area contributed by atoms with Crippen molar-refractivity contribution in [2.24, 2.45) is 5.92 Å². The summed E-state index contributed by atoms with van der Waals surface area (Å²) in [5.41, 5.74) is 2.11. The molecule has 3 rings (SSSR count). The number of aryl methyl sites for hydroxylation is 1. The van der Waals surface area contributed by atoms with E-state index in [9.17, 15) is 4.79 Å². The third kappa shape index (κ3) is 2.96. The van der Waals surface area contributed by atoms with E-state index in [0.717, 1.165) is 43.9 Å². The summed E-state index contributed by atoms with van der Waals surface area (Å²) >= 11 is 0. The summed E-state index contributed by atoms with van der Waals surface area (Å²) in [6, 6.07) is 2.50. The van der Waals surface area contributed by atoms with Gasteiger partial charge in [0.05, 0.1) is 17.7 Å². The highest BCUT2D eigenvalue weighted by Crippen LogP contribution is 2.32. The predicted octanol–water partition coefficient (Wildman–Crippen LogP) is 0.786. The molecule has 6 heteroatoms. The lowest BCUT2D eigenvalue weighted by Gasteiger charge is -2.40. The van der Waals surface area contributed by atoms with Gasteiger partial charge in [-0.1, -0.05) is 0 Å². The van der Waals surface area contributed by atoms with Crippen molar-refractivity contribution in [2.75, 3.05) is 27.2 Å². The van der Waals surface area contributed by atoms with E-state index in [2.05, 4.69) is 21.2 Å². The van der Waals surface area contributed by atoms with E-state index in [1.165, 1.54) is 0 Å². The molecule has 2 saturated heterocycles. The van der Waals surface area contributed by atoms with Crippen LogP contribution in [0, 0.1) is 12.8 Å². The molecule has 3 heterocycles. The molecule has 1 aromatic rings. The number of amides is 1. The molecule has 1 amide bonds. The van der Waals surface area contributed by atoms with Crippen LogP contribution in [0.25, 0.3) is 0 Å². The number of piperidine rings is 1. The van der Waals surface area contributed by atoms with E-state index >= 15 is 0 Å². The number of nitrogens with zero attached hydrogens (tertiary/aromatic N) is 3. The fourth-order valence-corrected chi connectivity index (χ4v) is 3.54. The third-order valence-electron chi connectivity index (χ3n) is 4.53. The monoisotopic (exact) mass is 292 g/mol. The maximum atomic E-state index is 12.3. The first kappa shape index (κ1) is 14.5. The van der Waals surface area contributed by atoms with Gasteiger partial charge in [0.25, 0.3) is 0 Å². The Hall–Kier alpha value is -1.40. The van der Waals surface area contributed by atoms with Gasteiger partial charge >= 0.3 is 0 Å². The molecule has 3 atom stereocenters. The largest absolute Gasteiger partial charge is 0.377 e. The lowest BCUT2D eigenvalue weighted by Crippen LogP contribution is -2.52. The van der Waals surface area contributed by atoms with E-state index in [0.29, 0.717) is 6.04 Å². The van der Waals surface area contributed by atoms with Crippen LogP contribution in [0.15, 0.2) is 6.07 Å². The first-order valence-corrected chi connectivity index (χ1v) is 7.62. The zero-order chi connectivity index (χ0) is 15.0. The van der Waals surface area contributed by atoms with Gasteiger partial charge in [-0.3, -0.25) is 14.8 Å². The van der Waals surface area contributed by atoms with Gasteiger partial charge in [-0.25, -0.2) is 0 Å². The zero-order valence-corrected chi connectivity index (χ0v) is 13.0. The fraction of sp³-hybridized carbons (Fsp3) is 0.733. The molecule has 0 saturated carbocycles. The van der Waals surface area contributed by atoms with Gasteiger partial charge in [-0.05, 0) is 25.8 Å². The summed E-state index contributed by atoms with van der Waals surface area (Å²) in [4.78, 5) is 16.4. The predicted molar refractivity (Wildman–Crippen MR) is 78.7 cm³/mol. The minimum atomic E-state index is 0.0272. The van der Waals surface area contributed by atoms with Gasteiger partial charge in [-0.2, -0.15) is 5.10 Å². The van der Waals surface area contributed by atoms with E-state index < -0.39 is 0 Å². The number of rotatable bonds is 3. The number of likely N-dealkylation sites (tertiary alicyclic amines) is 1. The Labute approximate surface area is 125 Å². The van der Waals surface area contributed by atoms with Crippen molar-refractivity contribution in [3.05, 3.63) is 17.5 Å². The molecular formula is C15H24N4O2. The minimum Gasteiger partial charge on any atom is -0.377 e. The lowest BCUT2D eigenvalue weighted by atomic mass is 9.89. The van der Waals surface area contributed by atoms with Crippen molar-refractivity contribution in [2.45, 2.75) is 38.5 Å². The second-order valence-corrected chi connectivity index (χ2v) is 6.40. The van der Waals surface area contributed by atoms with Gasteiger partial charge < -0.3 is 9.64 Å². The Morgan fingerprint density at radius 3 is 3.05 bits per heavy atom. The molecule has 0 aliphatic carbocycles. The summed E-state index contributed by atoms with van der Waals surface area (Å²) in [7, 11) is 3.65. The Bertz CT molecular complexity index is 514. The summed E-state index contributed by atoms with van der Waals surface area (Å²) in [5.74, 6) is 0.228. The first-order chi connectivity index (χ1) is 10.0. The number of carbonyl (C=O) groups excluding carboxylic acids is 1. The van der Waals surface area contributed by atoms with Gasteiger partial charge in [-0.15, -0.1) is 0 Å². The second-order valence-electron chi connectivity index (χ2n) is 6.40. The second kappa shape index (κ2) is 5.77. The van der Waals surface area contributed by atoms with E-state index in [-0.39, 0.29) is 17.9 Å². The molecule has 6 nitrogen and oxygen atoms in total. The van der Waals surface area contributed by atoms with Crippen molar-refractivity contribution in [1.82, 2.24) is 20.0 Å². The molecule has 0 bridgehead atoms. The van der Waals surface area contributed by atoms with Crippen molar-refractivity contribution < 1.29 is 9.53 Å². The molecule has 116 valence electrons. The highest BCUT2D eigenvalue weighted by atomic mass is 16.5. The molecule has 0 radical (unpaired) electrons. The number of hydrogen-bond donors (Lipinski definition) is 1. The van der Waals surface area contributed by atoms with Gasteiger partial charge in [0.2, 0.25) is 5.91 Å². The minimum absolute atomic E-state index is 0.0272. The molecule has 2 aliphatic rings. The molecule has 0 aromatic carbocycles. The van der Waals surface area contributed by atoms with Crippen LogP contribution in [0.3, 0.4) is 0 Å². The highest BCUT2D eigenvalue weighted by Gasteiger charge is 2.42. The fourth-order valence-electron chi connectivity index (χ4n) is 3.54. The van der Waals surface area contributed by atoms with E-state index in [1.54, 1.807) is 4.90 Å². The Morgan fingerprint density at radius 2 is 2.38 bits per heavy atom. The molecule has 1 aromatic heterocycles. The third-order valence-corrected chi connectivity index (χ3v) is 4.53. The average Bonchev–Trinajstić information content (AvgIpc) is 3.06. The molecule has 0 unspecified atom stereocenters. The molecule has 0 spiro atoms. The van der Waals surface area contributed by atoms with Crippen LogP contribution in [0.1, 0.15) is 24.2 Å². The van der Waals surface area contributed by atoms with Gasteiger partial charge in [0.1, 0.15) is 0 Å². The summed E-state index contributed by atoms with van der Waals surface area (Å²) < 4.78 is 5.85. The smallest absolute Gasteiger partial charge is 0.226 e. The van der Waals surface area contributed by atoms with Gasteiger partial charge in [0, 0.05) is 45.5 Å². The van der Waals surface area contributed by atoms with Crippen molar-refractivity contribution in [3.8, 4) is 0 Å². The Balaban J connectivity index is 1.74. The van der Waals surface area contributed by atoms with Crippen LogP contribution in [0.5, 0.6) is 0 Å². The maximum Gasteiger partial charge on any atom is 0.226 e. The van der Waals surface area contributed by atoms with Crippen LogP contribution >= 0.6 is 0 Å². The quantitative estimate of drug-likeness (QED) is 0.894. The summed E-state index contributed by atoms with van der Waals surface area (Å²) in [6.07, 6.45) is 2.09. The number of aromatic amines is 1. The summed E-state index contributed by atoms with van der Waals surface area (Å²) in [6.45, 7) is 4.39. The average molecular weight is 292 g/mol. The number of nitrogens with one attached hydrogen (secondary N) is 1. The van der Waals surface area contributed by atoms with Crippen molar-refractivity contribution >= 4 is 5.91 Å². The molecule has 2 fully saturated rings. The zero-order valence-electron chi connectivity index (χ0n) is 13.0. The van der Waals surface area contributed by atoms with Crippen LogP contribution in [-0.4, -0.2) is 65.3 Å². The maximum absolute atomic E-state index is 12.3. The molecular weight excluding hydrogens is 268 g/mol. The molecule has 1 N–H and O–H groups in total. The van der Waals surface area contributed by atoms with E-state index in [4.69, 9.17) is 4.74 Å². The van der Waals surface area contributed by atoms with Crippen LogP contribution in [0.4, 0.5) is 0 Å². The van der Waals surface area contributed by atoms with Crippen LogP contribution < -0.4 is 0 Å². The SMILES string of the molecule is Cc1cc(CN2C[C@@H](C(=O)N(C)C)C[C@H]3OCC[C@H]32)n[nH]1. The van der Waals surface area contributed by atoms with E-state index in [1.807, 2.05) is 21.0 Å². The number of ether oxygens (including phenoxy) is 1. The first-order valence-electron chi connectivity index (χ1n) is 7.62. The number of hydrogen-bond acceptors (Lipinski definition) is 4. The topological polar surface area (TPSA) is 61.5 Å². The van der Waals surface area contributed by atoms with Crippen molar-refractivity contribution in [1.29, 1.82) is 0 Å². The normalized spacial score (nSPS) is 29.4. The molecule has 21 heavy (non-hydrogen) atoms. The Kier molecular flexibility index (Phi) is 3.99. The lowest BCUT2D eigenvalue weighted by molar-refractivity contribution is -0.137.